The van der Waals surface area contributed by atoms with Gasteiger partial charge in [0.05, 0.1) is 17.6 Å². The molecule has 0 saturated heterocycles. The SMILES string of the molecule is CCCCN(C)Cc1ccc2c(c1)nc(CN(CCC)C(=O)c1cccc(F)c1)n2CCC. The van der Waals surface area contributed by atoms with Gasteiger partial charge in [0.2, 0.25) is 0 Å². The third-order valence-electron chi connectivity index (χ3n) is 5.87. The van der Waals surface area contributed by atoms with Crippen LogP contribution in [0.4, 0.5) is 4.39 Å². The first-order valence-corrected chi connectivity index (χ1v) is 12.2. The number of nitrogens with zero attached hydrogens (tertiary/aromatic N) is 4. The molecule has 3 rings (SSSR count). The number of hydrogen-bond donors (Lipinski definition) is 0. The van der Waals surface area contributed by atoms with E-state index in [1.54, 1.807) is 17.0 Å². The van der Waals surface area contributed by atoms with Crippen molar-refractivity contribution in [1.29, 1.82) is 0 Å². The summed E-state index contributed by atoms with van der Waals surface area (Å²) >= 11 is 0. The molecule has 1 aromatic heterocycles. The summed E-state index contributed by atoms with van der Waals surface area (Å²) in [7, 11) is 2.15. The second-order valence-electron chi connectivity index (χ2n) is 8.83. The van der Waals surface area contributed by atoms with E-state index in [1.807, 2.05) is 6.92 Å². The Balaban J connectivity index is 1.89. The fourth-order valence-corrected chi connectivity index (χ4v) is 4.23. The summed E-state index contributed by atoms with van der Waals surface area (Å²) in [6.45, 7) is 10.2. The summed E-state index contributed by atoms with van der Waals surface area (Å²) in [6, 6.07) is 12.4. The van der Waals surface area contributed by atoms with E-state index in [4.69, 9.17) is 4.98 Å². The van der Waals surface area contributed by atoms with Crippen molar-refractivity contribution in [3.8, 4) is 0 Å². The molecule has 0 aliphatic heterocycles. The van der Waals surface area contributed by atoms with Crippen LogP contribution in [0.2, 0.25) is 0 Å². The molecule has 0 aliphatic rings. The standard InChI is InChI=1S/C27H37FN4O/c1-5-8-16-30(4)19-21-12-13-25-24(17-21)29-26(32(25)15-7-3)20-31(14-6-2)27(33)22-10-9-11-23(28)18-22/h9-13,17-18H,5-8,14-16,19-20H2,1-4H3. The second kappa shape index (κ2) is 11.9. The Morgan fingerprint density at radius 3 is 2.52 bits per heavy atom. The number of unbranched alkanes of at least 4 members (excludes halogenated alkanes) is 1. The minimum atomic E-state index is -0.396. The zero-order chi connectivity index (χ0) is 23.8. The summed E-state index contributed by atoms with van der Waals surface area (Å²) < 4.78 is 15.9. The van der Waals surface area contributed by atoms with Gasteiger partial charge in [-0.05, 0) is 68.8 Å². The van der Waals surface area contributed by atoms with Gasteiger partial charge in [-0.2, -0.15) is 0 Å². The van der Waals surface area contributed by atoms with Crippen molar-refractivity contribution in [2.75, 3.05) is 20.1 Å². The predicted molar refractivity (Wildman–Crippen MR) is 133 cm³/mol. The third-order valence-corrected chi connectivity index (χ3v) is 5.87. The lowest BCUT2D eigenvalue weighted by Gasteiger charge is -2.22. The van der Waals surface area contributed by atoms with E-state index < -0.39 is 5.82 Å². The number of benzene rings is 2. The highest BCUT2D eigenvalue weighted by Crippen LogP contribution is 2.22. The van der Waals surface area contributed by atoms with E-state index in [1.165, 1.54) is 30.5 Å². The minimum Gasteiger partial charge on any atom is -0.331 e. The van der Waals surface area contributed by atoms with Gasteiger partial charge in [0.25, 0.3) is 5.91 Å². The van der Waals surface area contributed by atoms with Crippen molar-refractivity contribution in [2.45, 2.75) is 66.1 Å². The summed E-state index contributed by atoms with van der Waals surface area (Å²) in [6.07, 6.45) is 4.19. The topological polar surface area (TPSA) is 41.4 Å². The highest BCUT2D eigenvalue weighted by Gasteiger charge is 2.20. The van der Waals surface area contributed by atoms with E-state index in [0.717, 1.165) is 49.3 Å². The molecule has 1 amide bonds. The molecule has 0 spiro atoms. The Bertz CT molecular complexity index is 1060. The van der Waals surface area contributed by atoms with Crippen LogP contribution in [0.5, 0.6) is 0 Å². The lowest BCUT2D eigenvalue weighted by atomic mass is 10.2. The number of halogens is 1. The number of hydrogen-bond acceptors (Lipinski definition) is 3. The summed E-state index contributed by atoms with van der Waals surface area (Å²) in [5, 5.41) is 0. The number of imidazole rings is 1. The van der Waals surface area contributed by atoms with Crippen LogP contribution in [-0.4, -0.2) is 45.4 Å². The molecule has 6 heteroatoms. The molecule has 0 radical (unpaired) electrons. The Morgan fingerprint density at radius 1 is 1.00 bits per heavy atom. The fraction of sp³-hybridized carbons (Fsp3) is 0.481. The number of aryl methyl sites for hydroxylation is 1. The van der Waals surface area contributed by atoms with Crippen LogP contribution < -0.4 is 0 Å². The van der Waals surface area contributed by atoms with Crippen LogP contribution in [0.25, 0.3) is 11.0 Å². The summed E-state index contributed by atoms with van der Waals surface area (Å²) in [4.78, 5) is 22.2. The van der Waals surface area contributed by atoms with Crippen LogP contribution in [0.15, 0.2) is 42.5 Å². The second-order valence-corrected chi connectivity index (χ2v) is 8.83. The summed E-state index contributed by atoms with van der Waals surface area (Å²) in [5.41, 5.74) is 3.69. The molecule has 0 bridgehead atoms. The molecule has 0 unspecified atom stereocenters. The van der Waals surface area contributed by atoms with E-state index in [9.17, 15) is 9.18 Å². The van der Waals surface area contributed by atoms with Gasteiger partial charge in [-0.25, -0.2) is 9.37 Å². The Labute approximate surface area is 197 Å². The van der Waals surface area contributed by atoms with Crippen molar-refractivity contribution >= 4 is 16.9 Å². The number of fused-ring (bicyclic) bond motifs is 1. The maximum absolute atomic E-state index is 13.7. The number of aromatic nitrogens is 2. The Kier molecular flexibility index (Phi) is 9.01. The third kappa shape index (κ3) is 6.41. The van der Waals surface area contributed by atoms with Crippen molar-refractivity contribution < 1.29 is 9.18 Å². The first kappa shape index (κ1) is 24.9. The number of carbonyl (C=O) groups is 1. The molecule has 178 valence electrons. The van der Waals surface area contributed by atoms with E-state index in [0.29, 0.717) is 18.7 Å². The van der Waals surface area contributed by atoms with Gasteiger partial charge >= 0.3 is 0 Å². The average Bonchev–Trinajstić information content (AvgIpc) is 3.13. The fourth-order valence-electron chi connectivity index (χ4n) is 4.23. The Hall–Kier alpha value is -2.73. The molecule has 1 heterocycles. The molecule has 2 aromatic carbocycles. The van der Waals surface area contributed by atoms with Gasteiger partial charge in [-0.3, -0.25) is 4.79 Å². The van der Waals surface area contributed by atoms with Crippen molar-refractivity contribution in [1.82, 2.24) is 19.4 Å². The average molecular weight is 453 g/mol. The Morgan fingerprint density at radius 2 is 1.82 bits per heavy atom. The van der Waals surface area contributed by atoms with Crippen molar-refractivity contribution in [3.05, 3.63) is 65.2 Å². The van der Waals surface area contributed by atoms with Gasteiger partial charge in [0.15, 0.2) is 0 Å². The maximum Gasteiger partial charge on any atom is 0.254 e. The van der Waals surface area contributed by atoms with Crippen LogP contribution in [-0.2, 0) is 19.6 Å². The quantitative estimate of drug-likeness (QED) is 0.345. The largest absolute Gasteiger partial charge is 0.331 e. The van der Waals surface area contributed by atoms with Gasteiger partial charge in [0.1, 0.15) is 11.6 Å². The lowest BCUT2D eigenvalue weighted by molar-refractivity contribution is 0.0736. The van der Waals surface area contributed by atoms with Crippen LogP contribution >= 0.6 is 0 Å². The van der Waals surface area contributed by atoms with Crippen LogP contribution in [0.3, 0.4) is 0 Å². The first-order chi connectivity index (χ1) is 16.0. The number of rotatable bonds is 12. The van der Waals surface area contributed by atoms with Gasteiger partial charge in [-0.15, -0.1) is 0 Å². The van der Waals surface area contributed by atoms with E-state index in [2.05, 4.69) is 48.6 Å². The molecule has 0 atom stereocenters. The first-order valence-electron chi connectivity index (χ1n) is 12.2. The molecule has 3 aromatic rings. The zero-order valence-electron chi connectivity index (χ0n) is 20.5. The zero-order valence-corrected chi connectivity index (χ0v) is 20.5. The highest BCUT2D eigenvalue weighted by atomic mass is 19.1. The summed E-state index contributed by atoms with van der Waals surface area (Å²) in [5.74, 6) is 0.318. The molecule has 5 nitrogen and oxygen atoms in total. The van der Waals surface area contributed by atoms with E-state index in [-0.39, 0.29) is 5.91 Å². The van der Waals surface area contributed by atoms with Crippen LogP contribution in [0.1, 0.15) is 68.2 Å². The molecule has 0 N–H and O–H groups in total. The predicted octanol–water partition coefficient (Wildman–Crippen LogP) is 5.87. The maximum atomic E-state index is 13.7. The molecular weight excluding hydrogens is 415 g/mol. The highest BCUT2D eigenvalue weighted by molar-refractivity contribution is 5.94. The van der Waals surface area contributed by atoms with Crippen LogP contribution in [0, 0.1) is 5.82 Å². The smallest absolute Gasteiger partial charge is 0.254 e. The van der Waals surface area contributed by atoms with Gasteiger partial charge in [0, 0.05) is 25.2 Å². The van der Waals surface area contributed by atoms with Crippen molar-refractivity contribution in [2.24, 2.45) is 0 Å². The lowest BCUT2D eigenvalue weighted by Crippen LogP contribution is -2.32. The monoisotopic (exact) mass is 452 g/mol. The minimum absolute atomic E-state index is 0.162. The number of amides is 1. The molecule has 0 fully saturated rings. The normalized spacial score (nSPS) is 11.5. The van der Waals surface area contributed by atoms with Gasteiger partial charge < -0.3 is 14.4 Å². The molecule has 33 heavy (non-hydrogen) atoms. The molecule has 0 aliphatic carbocycles. The molecule has 0 saturated carbocycles. The molecular formula is C27H37FN4O. The van der Waals surface area contributed by atoms with Gasteiger partial charge in [-0.1, -0.05) is 39.3 Å². The van der Waals surface area contributed by atoms with Crippen molar-refractivity contribution in [3.63, 3.8) is 0 Å². The van der Waals surface area contributed by atoms with E-state index >= 15 is 0 Å². The number of carbonyl (C=O) groups excluding carboxylic acids is 1.